The van der Waals surface area contributed by atoms with Crippen LogP contribution in [0.15, 0.2) is 53.3 Å². The summed E-state index contributed by atoms with van der Waals surface area (Å²) >= 11 is 1.27. The summed E-state index contributed by atoms with van der Waals surface area (Å²) in [6.07, 6.45) is 0. The first-order valence-corrected chi connectivity index (χ1v) is 8.06. The minimum Gasteiger partial charge on any atom is -0.326 e. The van der Waals surface area contributed by atoms with Crippen molar-refractivity contribution in [2.45, 2.75) is 13.5 Å². The number of fused-ring (bicyclic) bond motifs is 1. The summed E-state index contributed by atoms with van der Waals surface area (Å²) in [5.41, 5.74) is 1.09. The van der Waals surface area contributed by atoms with Crippen molar-refractivity contribution in [2.24, 2.45) is 0 Å². The van der Waals surface area contributed by atoms with Crippen molar-refractivity contribution < 1.29 is 9.59 Å². The predicted molar refractivity (Wildman–Crippen MR) is 95.5 cm³/mol. The molecule has 6 nitrogen and oxygen atoms in total. The van der Waals surface area contributed by atoms with Gasteiger partial charge in [0.25, 0.3) is 5.56 Å². The molecule has 2 aromatic carbocycles. The molecule has 0 radical (unpaired) electrons. The normalized spacial score (nSPS) is 10.5. The fraction of sp³-hybridized carbons (Fsp3) is 0.118. The van der Waals surface area contributed by atoms with E-state index in [4.69, 9.17) is 0 Å². The maximum atomic E-state index is 12.2. The Kier molecular flexibility index (Phi) is 4.43. The summed E-state index contributed by atoms with van der Waals surface area (Å²) in [6.45, 7) is 1.39. The molecule has 0 saturated carbocycles. The van der Waals surface area contributed by atoms with Crippen molar-refractivity contribution in [1.82, 2.24) is 3.96 Å². The number of hydrogen-bond donors (Lipinski definition) is 2. The molecule has 0 atom stereocenters. The van der Waals surface area contributed by atoms with Crippen LogP contribution in [0.2, 0.25) is 0 Å². The maximum Gasteiger partial charge on any atom is 0.268 e. The monoisotopic (exact) mass is 341 g/mol. The lowest BCUT2D eigenvalue weighted by atomic mass is 10.2. The number of aromatic nitrogens is 1. The Balaban J connectivity index is 1.69. The second-order valence-electron chi connectivity index (χ2n) is 5.24. The molecule has 0 fully saturated rings. The minimum atomic E-state index is -0.282. The molecule has 1 heterocycles. The third kappa shape index (κ3) is 3.52. The third-order valence-corrected chi connectivity index (χ3v) is 4.40. The van der Waals surface area contributed by atoms with E-state index in [-0.39, 0.29) is 23.9 Å². The van der Waals surface area contributed by atoms with Crippen molar-refractivity contribution in [3.63, 3.8) is 0 Å². The van der Waals surface area contributed by atoms with Gasteiger partial charge in [-0.2, -0.15) is 0 Å². The van der Waals surface area contributed by atoms with Gasteiger partial charge in [0, 0.05) is 18.3 Å². The second-order valence-corrected chi connectivity index (χ2v) is 6.30. The van der Waals surface area contributed by atoms with Crippen LogP contribution < -0.4 is 16.2 Å². The van der Waals surface area contributed by atoms with Crippen LogP contribution >= 0.6 is 11.5 Å². The quantitative estimate of drug-likeness (QED) is 0.765. The molecule has 2 amide bonds. The first kappa shape index (κ1) is 15.9. The van der Waals surface area contributed by atoms with Crippen molar-refractivity contribution in [3.05, 3.63) is 58.9 Å². The Morgan fingerprint density at radius 1 is 1.00 bits per heavy atom. The number of carbonyl (C=O) groups is 2. The summed E-state index contributed by atoms with van der Waals surface area (Å²) in [7, 11) is 0. The number of anilines is 2. The van der Waals surface area contributed by atoms with E-state index < -0.39 is 0 Å². The van der Waals surface area contributed by atoms with Crippen LogP contribution in [-0.4, -0.2) is 15.8 Å². The smallest absolute Gasteiger partial charge is 0.268 e. The number of nitrogens with one attached hydrogen (secondary N) is 2. The van der Waals surface area contributed by atoms with Crippen LogP contribution in [0.3, 0.4) is 0 Å². The third-order valence-electron chi connectivity index (χ3n) is 3.33. The van der Waals surface area contributed by atoms with Crippen molar-refractivity contribution in [2.75, 3.05) is 10.6 Å². The van der Waals surface area contributed by atoms with Gasteiger partial charge in [-0.3, -0.25) is 18.3 Å². The molecule has 0 aliphatic carbocycles. The van der Waals surface area contributed by atoms with Gasteiger partial charge >= 0.3 is 0 Å². The molecular weight excluding hydrogens is 326 g/mol. The molecule has 3 rings (SSSR count). The highest BCUT2D eigenvalue weighted by atomic mass is 32.1. The van der Waals surface area contributed by atoms with E-state index in [1.54, 1.807) is 36.4 Å². The number of benzene rings is 2. The van der Waals surface area contributed by atoms with Crippen molar-refractivity contribution in [3.8, 4) is 0 Å². The number of carbonyl (C=O) groups excluding carboxylic acids is 2. The fourth-order valence-corrected chi connectivity index (χ4v) is 3.29. The topological polar surface area (TPSA) is 80.2 Å². The summed E-state index contributed by atoms with van der Waals surface area (Å²) < 4.78 is 2.29. The average Bonchev–Trinajstić information content (AvgIpc) is 2.85. The molecule has 0 aliphatic heterocycles. The van der Waals surface area contributed by atoms with Gasteiger partial charge < -0.3 is 10.6 Å². The van der Waals surface area contributed by atoms with Gasteiger partial charge in [0.2, 0.25) is 11.8 Å². The van der Waals surface area contributed by atoms with E-state index in [1.807, 2.05) is 12.1 Å². The second kappa shape index (κ2) is 6.67. The minimum absolute atomic E-state index is 0.0361. The lowest BCUT2D eigenvalue weighted by Crippen LogP contribution is -2.23. The van der Waals surface area contributed by atoms with E-state index in [0.717, 1.165) is 4.70 Å². The zero-order valence-corrected chi connectivity index (χ0v) is 13.7. The lowest BCUT2D eigenvalue weighted by molar-refractivity contribution is -0.116. The zero-order chi connectivity index (χ0) is 17.1. The van der Waals surface area contributed by atoms with Crippen molar-refractivity contribution in [1.29, 1.82) is 0 Å². The summed E-state index contributed by atoms with van der Waals surface area (Å²) in [5.74, 6) is -0.438. The zero-order valence-electron chi connectivity index (χ0n) is 12.9. The molecule has 0 saturated heterocycles. The van der Waals surface area contributed by atoms with Crippen LogP contribution in [0.25, 0.3) is 10.1 Å². The Labute approximate surface area is 141 Å². The number of nitrogens with zero attached hydrogens (tertiary/aromatic N) is 1. The van der Waals surface area contributed by atoms with Crippen molar-refractivity contribution >= 4 is 44.8 Å². The maximum absolute atomic E-state index is 12.2. The van der Waals surface area contributed by atoms with Gasteiger partial charge in [-0.25, -0.2) is 0 Å². The van der Waals surface area contributed by atoms with E-state index >= 15 is 0 Å². The van der Waals surface area contributed by atoms with Crippen LogP contribution in [0, 0.1) is 0 Å². The predicted octanol–water partition coefficient (Wildman–Crippen LogP) is 2.66. The SMILES string of the molecule is CC(=O)Nc1ccc(NC(=O)Cn2sc3ccccc3c2=O)cc1. The molecule has 1 aromatic heterocycles. The van der Waals surface area contributed by atoms with Crippen LogP contribution in [-0.2, 0) is 16.1 Å². The number of amides is 2. The molecule has 122 valence electrons. The van der Waals surface area contributed by atoms with Gasteiger partial charge in [-0.1, -0.05) is 23.7 Å². The summed E-state index contributed by atoms with van der Waals surface area (Å²) in [6, 6.07) is 14.1. The fourth-order valence-electron chi connectivity index (χ4n) is 2.29. The van der Waals surface area contributed by atoms with Gasteiger partial charge in [0.15, 0.2) is 0 Å². The molecule has 0 bridgehead atoms. The van der Waals surface area contributed by atoms with E-state index in [0.29, 0.717) is 16.8 Å². The first-order chi connectivity index (χ1) is 11.5. The highest BCUT2D eigenvalue weighted by molar-refractivity contribution is 7.13. The van der Waals surface area contributed by atoms with E-state index in [2.05, 4.69) is 10.6 Å². The van der Waals surface area contributed by atoms with Gasteiger partial charge in [0.05, 0.1) is 10.1 Å². The summed E-state index contributed by atoms with van der Waals surface area (Å²) in [4.78, 5) is 35.3. The largest absolute Gasteiger partial charge is 0.326 e. The Bertz CT molecular complexity index is 957. The van der Waals surface area contributed by atoms with E-state index in [1.165, 1.54) is 22.4 Å². The molecule has 0 spiro atoms. The van der Waals surface area contributed by atoms with Gasteiger partial charge in [-0.05, 0) is 36.4 Å². The van der Waals surface area contributed by atoms with Crippen LogP contribution in [0.5, 0.6) is 0 Å². The number of rotatable bonds is 4. The Morgan fingerprint density at radius 3 is 2.25 bits per heavy atom. The molecule has 0 aliphatic rings. The summed E-state index contributed by atoms with van der Waals surface area (Å²) in [5, 5.41) is 6.01. The van der Waals surface area contributed by atoms with Gasteiger partial charge in [0.1, 0.15) is 6.54 Å². The average molecular weight is 341 g/mol. The van der Waals surface area contributed by atoms with Crippen LogP contribution in [0.1, 0.15) is 6.92 Å². The molecule has 7 heteroatoms. The molecule has 0 unspecified atom stereocenters. The Hall–Kier alpha value is -2.93. The van der Waals surface area contributed by atoms with E-state index in [9.17, 15) is 14.4 Å². The molecule has 2 N–H and O–H groups in total. The highest BCUT2D eigenvalue weighted by Gasteiger charge is 2.10. The number of hydrogen-bond acceptors (Lipinski definition) is 4. The molecular formula is C17H15N3O3S. The first-order valence-electron chi connectivity index (χ1n) is 7.29. The Morgan fingerprint density at radius 2 is 1.62 bits per heavy atom. The highest BCUT2D eigenvalue weighted by Crippen LogP contribution is 2.16. The molecule has 24 heavy (non-hydrogen) atoms. The lowest BCUT2D eigenvalue weighted by Gasteiger charge is -2.07. The van der Waals surface area contributed by atoms with Crippen LogP contribution in [0.4, 0.5) is 11.4 Å². The standard InChI is InChI=1S/C17H15N3O3S/c1-11(21)18-12-6-8-13(9-7-12)19-16(22)10-20-17(23)14-4-2-3-5-15(14)24-20/h2-9H,10H2,1H3,(H,18,21)(H,19,22). The van der Waals surface area contributed by atoms with Gasteiger partial charge in [-0.15, -0.1) is 0 Å². The molecule has 3 aromatic rings.